The summed E-state index contributed by atoms with van der Waals surface area (Å²) in [5, 5.41) is 3.03. The Hall–Kier alpha value is -1.79. The van der Waals surface area contributed by atoms with Gasteiger partial charge in [-0.2, -0.15) is 0 Å². The van der Waals surface area contributed by atoms with Crippen molar-refractivity contribution in [2.45, 2.75) is 38.6 Å². The van der Waals surface area contributed by atoms with Crippen LogP contribution in [-0.2, 0) is 27.2 Å². The minimum absolute atomic E-state index is 0.0527. The second-order valence-electron chi connectivity index (χ2n) is 6.86. The average molecular weight is 360 g/mol. The molecule has 1 heterocycles. The Morgan fingerprint density at radius 1 is 1.36 bits per heavy atom. The summed E-state index contributed by atoms with van der Waals surface area (Å²) in [4.78, 5) is 25.6. The van der Waals surface area contributed by atoms with Gasteiger partial charge in [0.1, 0.15) is 11.8 Å². The van der Waals surface area contributed by atoms with Gasteiger partial charge in [0.05, 0.1) is 12.5 Å². The summed E-state index contributed by atoms with van der Waals surface area (Å²) in [7, 11) is 0. The van der Waals surface area contributed by atoms with Crippen LogP contribution in [0.2, 0.25) is 0 Å². The Morgan fingerprint density at radius 2 is 2.16 bits per heavy atom. The minimum Gasteiger partial charge on any atom is -0.465 e. The maximum atomic E-state index is 12.9. The summed E-state index contributed by atoms with van der Waals surface area (Å²) in [5.41, 5.74) is 9.18. The molecule has 1 aromatic rings. The highest BCUT2D eigenvalue weighted by atomic mass is 32.1. The zero-order chi connectivity index (χ0) is 18.0. The van der Waals surface area contributed by atoms with Crippen molar-refractivity contribution in [2.75, 3.05) is 18.9 Å². The third-order valence-corrected chi connectivity index (χ3v) is 5.51. The third-order valence-electron chi connectivity index (χ3n) is 5.11. The first-order chi connectivity index (χ1) is 12.0. The Balaban J connectivity index is 1.66. The van der Waals surface area contributed by atoms with E-state index < -0.39 is 12.0 Å². The molecule has 1 fully saturated rings. The van der Waals surface area contributed by atoms with Crippen LogP contribution in [0.4, 0.5) is 5.69 Å². The number of ketones is 1. The van der Waals surface area contributed by atoms with E-state index in [4.69, 9.17) is 22.7 Å². The number of aryl methyl sites for hydroxylation is 1. The molecule has 0 bridgehead atoms. The summed E-state index contributed by atoms with van der Waals surface area (Å²) < 4.78 is 5.08. The molecule has 0 amide bonds. The fourth-order valence-corrected chi connectivity index (χ4v) is 4.23. The lowest BCUT2D eigenvalue weighted by molar-refractivity contribution is -0.147. The summed E-state index contributed by atoms with van der Waals surface area (Å²) >= 11 is 5.34. The number of hydrogen-bond donors (Lipinski definition) is 2. The van der Waals surface area contributed by atoms with Crippen LogP contribution in [-0.4, -0.2) is 35.8 Å². The van der Waals surface area contributed by atoms with E-state index >= 15 is 0 Å². The number of nitrogens with two attached hydrogens (primary N) is 1. The van der Waals surface area contributed by atoms with Crippen LogP contribution < -0.4 is 11.1 Å². The Bertz CT molecular complexity index is 704. The molecule has 1 saturated heterocycles. The van der Waals surface area contributed by atoms with Crippen LogP contribution >= 0.6 is 12.2 Å². The van der Waals surface area contributed by atoms with Gasteiger partial charge in [0.2, 0.25) is 0 Å². The number of rotatable bonds is 5. The van der Waals surface area contributed by atoms with E-state index in [0.29, 0.717) is 24.4 Å². The van der Waals surface area contributed by atoms with Gasteiger partial charge in [0.25, 0.3) is 0 Å². The second kappa shape index (κ2) is 7.62. The number of ether oxygens (including phenoxy) is 1. The fourth-order valence-electron chi connectivity index (χ4n) is 3.88. The van der Waals surface area contributed by atoms with Crippen molar-refractivity contribution in [2.24, 2.45) is 11.8 Å². The maximum Gasteiger partial charge on any atom is 0.324 e. The molecule has 0 spiro atoms. The molecule has 0 aromatic heterocycles. The molecule has 3 N–H and O–H groups in total. The summed E-state index contributed by atoms with van der Waals surface area (Å²) in [6, 6.07) is 5.37. The lowest BCUT2D eigenvalue weighted by Crippen LogP contribution is -2.41. The standard InChI is InChI=1S/C19H24N2O3S/c1-2-24-19(23)18-17(16(25)10-21-18)15(22)8-11-3-4-13-9-14(20)6-5-12(13)7-11/h5-6,9,11,17-18,21H,2-4,7-8,10,20H2,1H3/t11?,17?,18-/m0/s1. The summed E-state index contributed by atoms with van der Waals surface area (Å²) in [6.07, 6.45) is 3.22. The van der Waals surface area contributed by atoms with Crippen LogP contribution in [0.1, 0.15) is 30.9 Å². The molecule has 1 aliphatic carbocycles. The van der Waals surface area contributed by atoms with Crippen molar-refractivity contribution in [3.63, 3.8) is 0 Å². The zero-order valence-electron chi connectivity index (χ0n) is 14.4. The molecule has 0 saturated carbocycles. The predicted molar refractivity (Wildman–Crippen MR) is 101 cm³/mol. The topological polar surface area (TPSA) is 81.4 Å². The van der Waals surface area contributed by atoms with Crippen molar-refractivity contribution < 1.29 is 14.3 Å². The molecular formula is C19H24N2O3S. The number of Topliss-reactive ketones (excluding diaryl/α,β-unsaturated/α-hetero) is 1. The van der Waals surface area contributed by atoms with Gasteiger partial charge in [-0.25, -0.2) is 0 Å². The van der Waals surface area contributed by atoms with Crippen LogP contribution in [0.15, 0.2) is 18.2 Å². The van der Waals surface area contributed by atoms with Gasteiger partial charge >= 0.3 is 5.97 Å². The third kappa shape index (κ3) is 3.90. The summed E-state index contributed by atoms with van der Waals surface area (Å²) in [5.74, 6) is -0.584. The van der Waals surface area contributed by atoms with Gasteiger partial charge in [-0.1, -0.05) is 18.3 Å². The molecule has 6 heteroatoms. The Kier molecular flexibility index (Phi) is 5.49. The van der Waals surface area contributed by atoms with Crippen LogP contribution in [0.5, 0.6) is 0 Å². The monoisotopic (exact) mass is 360 g/mol. The van der Waals surface area contributed by atoms with Crippen LogP contribution in [0, 0.1) is 11.8 Å². The molecule has 134 valence electrons. The van der Waals surface area contributed by atoms with E-state index in [9.17, 15) is 9.59 Å². The molecule has 1 aliphatic heterocycles. The largest absolute Gasteiger partial charge is 0.465 e. The van der Waals surface area contributed by atoms with E-state index in [1.54, 1.807) is 6.92 Å². The van der Waals surface area contributed by atoms with Crippen molar-refractivity contribution in [3.05, 3.63) is 29.3 Å². The first-order valence-electron chi connectivity index (χ1n) is 8.82. The molecule has 1 aromatic carbocycles. The van der Waals surface area contributed by atoms with E-state index in [0.717, 1.165) is 24.9 Å². The molecule has 3 rings (SSSR count). The molecule has 0 radical (unpaired) electrons. The maximum absolute atomic E-state index is 12.9. The van der Waals surface area contributed by atoms with E-state index in [-0.39, 0.29) is 17.7 Å². The number of thiocarbonyl (C=S) groups is 1. The number of carbonyl (C=O) groups is 2. The normalized spacial score (nSPS) is 25.5. The van der Waals surface area contributed by atoms with Crippen LogP contribution in [0.3, 0.4) is 0 Å². The van der Waals surface area contributed by atoms with E-state index in [2.05, 4.69) is 11.4 Å². The molecule has 2 unspecified atom stereocenters. The van der Waals surface area contributed by atoms with Gasteiger partial charge in [0, 0.05) is 23.5 Å². The quantitative estimate of drug-likeness (QED) is 0.474. The average Bonchev–Trinajstić information content (AvgIpc) is 2.97. The number of carbonyl (C=O) groups excluding carboxylic acids is 2. The Morgan fingerprint density at radius 3 is 2.92 bits per heavy atom. The van der Waals surface area contributed by atoms with Crippen LogP contribution in [0.25, 0.3) is 0 Å². The van der Waals surface area contributed by atoms with Gasteiger partial charge in [-0.05, 0) is 55.4 Å². The first kappa shape index (κ1) is 18.0. The number of anilines is 1. The number of benzene rings is 1. The molecule has 2 aliphatic rings. The second-order valence-corrected chi connectivity index (χ2v) is 7.39. The minimum atomic E-state index is -0.629. The number of hydrogen-bond acceptors (Lipinski definition) is 6. The molecule has 25 heavy (non-hydrogen) atoms. The lowest BCUT2D eigenvalue weighted by Gasteiger charge is -2.26. The first-order valence-corrected chi connectivity index (χ1v) is 9.23. The number of fused-ring (bicyclic) bond motifs is 1. The number of esters is 1. The van der Waals surface area contributed by atoms with Crippen molar-refractivity contribution in [1.29, 1.82) is 0 Å². The number of nitrogen functional groups attached to an aromatic ring is 1. The number of nitrogens with one attached hydrogen (secondary N) is 1. The molecule has 5 nitrogen and oxygen atoms in total. The highest BCUT2D eigenvalue weighted by Crippen LogP contribution is 2.31. The van der Waals surface area contributed by atoms with Gasteiger partial charge in [-0.15, -0.1) is 0 Å². The highest BCUT2D eigenvalue weighted by molar-refractivity contribution is 7.80. The van der Waals surface area contributed by atoms with E-state index in [1.807, 2.05) is 12.1 Å². The summed E-state index contributed by atoms with van der Waals surface area (Å²) in [6.45, 7) is 2.48. The van der Waals surface area contributed by atoms with E-state index in [1.165, 1.54) is 11.1 Å². The molecular weight excluding hydrogens is 336 g/mol. The Labute approximate surface area is 153 Å². The zero-order valence-corrected chi connectivity index (χ0v) is 15.2. The van der Waals surface area contributed by atoms with Gasteiger partial charge in [-0.3, -0.25) is 14.9 Å². The lowest BCUT2D eigenvalue weighted by atomic mass is 9.79. The van der Waals surface area contributed by atoms with Crippen molar-refractivity contribution in [3.8, 4) is 0 Å². The smallest absolute Gasteiger partial charge is 0.324 e. The van der Waals surface area contributed by atoms with Crippen molar-refractivity contribution >= 4 is 34.5 Å². The molecule has 3 atom stereocenters. The SMILES string of the molecule is CCOC(=O)[C@H]1NCC(=S)C1C(=O)CC1CCc2cc(N)ccc2C1. The highest BCUT2D eigenvalue weighted by Gasteiger charge is 2.42. The fraction of sp³-hybridized carbons (Fsp3) is 0.526. The predicted octanol–water partition coefficient (Wildman–Crippen LogP) is 1.85. The van der Waals surface area contributed by atoms with Gasteiger partial charge < -0.3 is 10.5 Å². The van der Waals surface area contributed by atoms with Crippen molar-refractivity contribution in [1.82, 2.24) is 5.32 Å². The van der Waals surface area contributed by atoms with Gasteiger partial charge in [0.15, 0.2) is 0 Å².